The van der Waals surface area contributed by atoms with Gasteiger partial charge in [0.05, 0.1) is 12.1 Å². The number of aliphatic hydroxyl groups is 1. The third-order valence-electron chi connectivity index (χ3n) is 3.89. The molecular weight excluding hydrogens is 238 g/mol. The molecule has 0 bridgehead atoms. The number of guanidine groups is 1. The number of hydrogen-bond acceptors (Lipinski definition) is 2. The minimum absolute atomic E-state index is 0.348. The Labute approximate surface area is 117 Å². The Bertz CT molecular complexity index is 283. The van der Waals surface area contributed by atoms with Gasteiger partial charge in [0.25, 0.3) is 0 Å². The van der Waals surface area contributed by atoms with Crippen LogP contribution in [-0.2, 0) is 0 Å². The van der Waals surface area contributed by atoms with Gasteiger partial charge in [-0.1, -0.05) is 39.5 Å². The summed E-state index contributed by atoms with van der Waals surface area (Å²) in [5.74, 6) is 1.23. The fourth-order valence-corrected chi connectivity index (χ4v) is 2.63. The van der Waals surface area contributed by atoms with Crippen LogP contribution in [-0.4, -0.2) is 29.3 Å². The van der Waals surface area contributed by atoms with Crippen molar-refractivity contribution in [2.45, 2.75) is 77.4 Å². The lowest BCUT2D eigenvalue weighted by Crippen LogP contribution is -2.40. The second-order valence-electron chi connectivity index (χ2n) is 6.50. The van der Waals surface area contributed by atoms with Crippen LogP contribution in [0.4, 0.5) is 0 Å². The maximum absolute atomic E-state index is 10.2. The molecule has 1 fully saturated rings. The lowest BCUT2D eigenvalue weighted by molar-refractivity contribution is 0.0574. The fraction of sp³-hybridized carbons (Fsp3) is 0.933. The fourth-order valence-electron chi connectivity index (χ4n) is 2.63. The first-order chi connectivity index (χ1) is 8.91. The highest BCUT2D eigenvalue weighted by atomic mass is 16.3. The van der Waals surface area contributed by atoms with Gasteiger partial charge in [0.15, 0.2) is 5.96 Å². The number of nitrogens with two attached hydrogens (primary N) is 1. The normalized spacial score (nSPS) is 20.8. The topological polar surface area (TPSA) is 70.6 Å². The summed E-state index contributed by atoms with van der Waals surface area (Å²) in [5.41, 5.74) is 5.27. The van der Waals surface area contributed by atoms with Gasteiger partial charge in [-0.15, -0.1) is 0 Å². The van der Waals surface area contributed by atoms with Gasteiger partial charge in [-0.3, -0.25) is 4.99 Å². The van der Waals surface area contributed by atoms with E-state index in [1.807, 2.05) is 0 Å². The minimum atomic E-state index is -0.604. The lowest BCUT2D eigenvalue weighted by Gasteiger charge is -2.20. The van der Waals surface area contributed by atoms with Crippen LogP contribution in [0.3, 0.4) is 0 Å². The van der Waals surface area contributed by atoms with E-state index in [9.17, 15) is 5.11 Å². The Balaban J connectivity index is 2.23. The van der Waals surface area contributed by atoms with Crippen molar-refractivity contribution in [1.29, 1.82) is 0 Å². The molecule has 0 aliphatic heterocycles. The maximum Gasteiger partial charge on any atom is 0.188 e. The van der Waals surface area contributed by atoms with Gasteiger partial charge in [0.2, 0.25) is 0 Å². The molecule has 1 atom stereocenters. The third kappa shape index (κ3) is 6.81. The van der Waals surface area contributed by atoms with E-state index in [2.05, 4.69) is 31.1 Å². The van der Waals surface area contributed by atoms with Gasteiger partial charge >= 0.3 is 0 Å². The summed E-state index contributed by atoms with van der Waals surface area (Å²) in [6.45, 7) is 7.06. The smallest absolute Gasteiger partial charge is 0.188 e. The molecule has 1 unspecified atom stereocenters. The number of aliphatic imine (C=N–C) groups is 1. The Morgan fingerprint density at radius 2 is 1.89 bits per heavy atom. The Morgan fingerprint density at radius 1 is 1.26 bits per heavy atom. The molecule has 1 aliphatic carbocycles. The van der Waals surface area contributed by atoms with Crippen LogP contribution in [0.5, 0.6) is 0 Å². The summed E-state index contributed by atoms with van der Waals surface area (Å²) in [6, 6.07) is 0.348. The molecule has 19 heavy (non-hydrogen) atoms. The summed E-state index contributed by atoms with van der Waals surface area (Å²) in [7, 11) is 0. The molecule has 4 N–H and O–H groups in total. The number of hydrogen-bond donors (Lipinski definition) is 3. The highest BCUT2D eigenvalue weighted by molar-refractivity contribution is 5.78. The van der Waals surface area contributed by atoms with Crippen LogP contribution >= 0.6 is 0 Å². The van der Waals surface area contributed by atoms with Crippen molar-refractivity contribution < 1.29 is 5.11 Å². The molecule has 0 aromatic heterocycles. The van der Waals surface area contributed by atoms with Crippen molar-refractivity contribution in [2.24, 2.45) is 16.6 Å². The molecule has 0 heterocycles. The first kappa shape index (κ1) is 16.3. The van der Waals surface area contributed by atoms with Crippen LogP contribution in [0, 0.1) is 5.92 Å². The largest absolute Gasteiger partial charge is 0.388 e. The van der Waals surface area contributed by atoms with E-state index in [1.165, 1.54) is 12.8 Å². The standard InChI is InChI=1S/C15H31N3O/c1-12(2)7-6-8-13(3)18-14(16)17-11-15(19)9-4-5-10-15/h12-13,19H,4-11H2,1-3H3,(H3,16,17,18). The Morgan fingerprint density at radius 3 is 2.47 bits per heavy atom. The monoisotopic (exact) mass is 269 g/mol. The first-order valence-corrected chi connectivity index (χ1v) is 7.70. The zero-order valence-corrected chi connectivity index (χ0v) is 12.8. The van der Waals surface area contributed by atoms with Crippen molar-refractivity contribution in [3.8, 4) is 0 Å². The minimum Gasteiger partial charge on any atom is -0.388 e. The summed E-state index contributed by atoms with van der Waals surface area (Å²) in [5, 5.41) is 13.4. The van der Waals surface area contributed by atoms with Crippen LogP contribution in [0.2, 0.25) is 0 Å². The maximum atomic E-state index is 10.2. The van der Waals surface area contributed by atoms with Crippen molar-refractivity contribution >= 4 is 5.96 Å². The summed E-state index contributed by atoms with van der Waals surface area (Å²) in [6.07, 6.45) is 7.49. The van der Waals surface area contributed by atoms with Gasteiger partial charge in [0.1, 0.15) is 0 Å². The van der Waals surface area contributed by atoms with E-state index in [0.29, 0.717) is 18.5 Å². The number of nitrogens with zero attached hydrogens (tertiary/aromatic N) is 1. The van der Waals surface area contributed by atoms with Gasteiger partial charge in [-0.25, -0.2) is 0 Å². The van der Waals surface area contributed by atoms with E-state index < -0.39 is 5.60 Å². The Kier molecular flexibility index (Phi) is 6.63. The summed E-state index contributed by atoms with van der Waals surface area (Å²) in [4.78, 5) is 4.29. The molecule has 0 spiro atoms. The summed E-state index contributed by atoms with van der Waals surface area (Å²) < 4.78 is 0. The van der Waals surface area contributed by atoms with Gasteiger partial charge in [0, 0.05) is 6.04 Å². The third-order valence-corrected chi connectivity index (χ3v) is 3.89. The van der Waals surface area contributed by atoms with E-state index in [1.54, 1.807) is 0 Å². The molecule has 0 radical (unpaired) electrons. The van der Waals surface area contributed by atoms with Crippen molar-refractivity contribution in [2.75, 3.05) is 6.54 Å². The quantitative estimate of drug-likeness (QED) is 0.491. The second-order valence-corrected chi connectivity index (χ2v) is 6.50. The summed E-state index contributed by atoms with van der Waals surface area (Å²) >= 11 is 0. The zero-order valence-electron chi connectivity index (χ0n) is 12.8. The Hall–Kier alpha value is -0.770. The van der Waals surface area contributed by atoms with Crippen LogP contribution in [0.15, 0.2) is 4.99 Å². The first-order valence-electron chi connectivity index (χ1n) is 7.70. The van der Waals surface area contributed by atoms with E-state index in [-0.39, 0.29) is 0 Å². The average molecular weight is 269 g/mol. The predicted octanol–water partition coefficient (Wildman–Crippen LogP) is 2.41. The van der Waals surface area contributed by atoms with Crippen LogP contribution in [0.1, 0.15) is 65.7 Å². The average Bonchev–Trinajstić information content (AvgIpc) is 2.74. The second kappa shape index (κ2) is 7.73. The van der Waals surface area contributed by atoms with Crippen molar-refractivity contribution in [1.82, 2.24) is 5.32 Å². The van der Waals surface area contributed by atoms with Crippen LogP contribution in [0.25, 0.3) is 0 Å². The molecule has 0 aromatic carbocycles. The van der Waals surface area contributed by atoms with Gasteiger partial charge in [-0.05, 0) is 32.1 Å². The van der Waals surface area contributed by atoms with E-state index >= 15 is 0 Å². The van der Waals surface area contributed by atoms with Gasteiger partial charge < -0.3 is 16.2 Å². The molecule has 112 valence electrons. The molecular formula is C15H31N3O. The van der Waals surface area contributed by atoms with E-state index in [0.717, 1.165) is 38.0 Å². The zero-order chi connectivity index (χ0) is 14.3. The molecule has 4 nitrogen and oxygen atoms in total. The van der Waals surface area contributed by atoms with Gasteiger partial charge in [-0.2, -0.15) is 0 Å². The number of nitrogens with one attached hydrogen (secondary N) is 1. The molecule has 1 rings (SSSR count). The molecule has 1 aliphatic rings. The molecule has 0 saturated heterocycles. The van der Waals surface area contributed by atoms with Crippen molar-refractivity contribution in [3.63, 3.8) is 0 Å². The van der Waals surface area contributed by atoms with Crippen molar-refractivity contribution in [3.05, 3.63) is 0 Å². The molecule has 1 saturated carbocycles. The highest BCUT2D eigenvalue weighted by Crippen LogP contribution is 2.29. The molecule has 0 aromatic rings. The molecule has 4 heteroatoms. The van der Waals surface area contributed by atoms with Crippen LogP contribution < -0.4 is 11.1 Å². The lowest BCUT2D eigenvalue weighted by atomic mass is 10.0. The van der Waals surface area contributed by atoms with E-state index in [4.69, 9.17) is 5.73 Å². The predicted molar refractivity (Wildman–Crippen MR) is 81.2 cm³/mol. The molecule has 0 amide bonds. The highest BCUT2D eigenvalue weighted by Gasteiger charge is 2.30. The SMILES string of the molecule is CC(C)CCCC(C)NC(N)=NCC1(O)CCCC1. The number of rotatable bonds is 7.